The molecule has 3 rings (SSSR count). The van der Waals surface area contributed by atoms with E-state index in [1.54, 1.807) is 0 Å². The molecule has 0 aliphatic carbocycles. The Labute approximate surface area is 137 Å². The van der Waals surface area contributed by atoms with Crippen molar-refractivity contribution in [3.63, 3.8) is 0 Å². The van der Waals surface area contributed by atoms with E-state index in [2.05, 4.69) is 11.9 Å². The zero-order valence-corrected chi connectivity index (χ0v) is 13.8. The molecule has 1 atom stereocenters. The first-order valence-electron chi connectivity index (χ1n) is 8.43. The molecule has 23 heavy (non-hydrogen) atoms. The maximum Gasteiger partial charge on any atom is 0.225 e. The van der Waals surface area contributed by atoms with Crippen LogP contribution in [0.25, 0.3) is 0 Å². The third-order valence-electron chi connectivity index (χ3n) is 4.96. The molecule has 0 bridgehead atoms. The number of amides is 1. The molecule has 2 fully saturated rings. The smallest absolute Gasteiger partial charge is 0.225 e. The van der Waals surface area contributed by atoms with E-state index in [1.807, 2.05) is 35.2 Å². The van der Waals surface area contributed by atoms with Crippen LogP contribution in [0.5, 0.6) is 5.75 Å². The van der Waals surface area contributed by atoms with Gasteiger partial charge in [-0.2, -0.15) is 0 Å². The van der Waals surface area contributed by atoms with Gasteiger partial charge in [-0.1, -0.05) is 18.2 Å². The molecule has 5 heteroatoms. The van der Waals surface area contributed by atoms with Gasteiger partial charge >= 0.3 is 0 Å². The van der Waals surface area contributed by atoms with Crippen molar-refractivity contribution >= 4 is 5.91 Å². The fourth-order valence-electron chi connectivity index (χ4n) is 3.41. The predicted octanol–water partition coefficient (Wildman–Crippen LogP) is 1.37. The lowest BCUT2D eigenvalue weighted by Crippen LogP contribution is -2.44. The van der Waals surface area contributed by atoms with Gasteiger partial charge in [0.05, 0.1) is 6.54 Å². The molecule has 1 aromatic carbocycles. The third kappa shape index (κ3) is 4.03. The predicted molar refractivity (Wildman–Crippen MR) is 88.3 cm³/mol. The molecule has 0 spiro atoms. The standard InChI is InChI=1S/C18H26N2O3/c1-19-10-7-15(8-11-19)17(21)20-12-9-18(22,13-20)14-23-16-5-3-2-4-6-16/h2-6,15,22H,7-14H2,1H3/t18-/m1/s1. The van der Waals surface area contributed by atoms with E-state index < -0.39 is 5.60 Å². The Morgan fingerprint density at radius 2 is 1.96 bits per heavy atom. The highest BCUT2D eigenvalue weighted by atomic mass is 16.5. The summed E-state index contributed by atoms with van der Waals surface area (Å²) in [6.07, 6.45) is 2.42. The molecule has 0 unspecified atom stereocenters. The Kier molecular flexibility index (Phi) is 4.87. The number of likely N-dealkylation sites (tertiary alicyclic amines) is 2. The molecule has 0 radical (unpaired) electrons. The van der Waals surface area contributed by atoms with Crippen molar-refractivity contribution in [2.24, 2.45) is 5.92 Å². The van der Waals surface area contributed by atoms with Crippen molar-refractivity contribution < 1.29 is 14.6 Å². The number of para-hydroxylation sites is 1. The summed E-state index contributed by atoms with van der Waals surface area (Å²) in [5.74, 6) is 1.07. The van der Waals surface area contributed by atoms with Crippen LogP contribution in [0.15, 0.2) is 30.3 Å². The van der Waals surface area contributed by atoms with Crippen LogP contribution in [0.1, 0.15) is 19.3 Å². The minimum atomic E-state index is -0.934. The van der Waals surface area contributed by atoms with Crippen LogP contribution < -0.4 is 4.74 Å². The summed E-state index contributed by atoms with van der Waals surface area (Å²) in [5, 5.41) is 10.7. The van der Waals surface area contributed by atoms with Crippen LogP contribution in [0, 0.1) is 5.92 Å². The quantitative estimate of drug-likeness (QED) is 0.911. The van der Waals surface area contributed by atoms with Crippen LogP contribution in [0.4, 0.5) is 0 Å². The van der Waals surface area contributed by atoms with E-state index >= 15 is 0 Å². The second-order valence-corrected chi connectivity index (χ2v) is 6.91. The topological polar surface area (TPSA) is 53.0 Å². The molecule has 126 valence electrons. The average Bonchev–Trinajstić information content (AvgIpc) is 2.97. The molecular weight excluding hydrogens is 292 g/mol. The van der Waals surface area contributed by atoms with Gasteiger partial charge in [-0.25, -0.2) is 0 Å². The number of hydrogen-bond donors (Lipinski definition) is 1. The van der Waals surface area contributed by atoms with Gasteiger partial charge in [0.2, 0.25) is 5.91 Å². The van der Waals surface area contributed by atoms with Crippen LogP contribution in [0.3, 0.4) is 0 Å². The second-order valence-electron chi connectivity index (χ2n) is 6.91. The van der Waals surface area contributed by atoms with E-state index in [9.17, 15) is 9.90 Å². The largest absolute Gasteiger partial charge is 0.491 e. The van der Waals surface area contributed by atoms with E-state index in [0.29, 0.717) is 19.5 Å². The van der Waals surface area contributed by atoms with Gasteiger partial charge in [0, 0.05) is 12.5 Å². The lowest BCUT2D eigenvalue weighted by Gasteiger charge is -2.31. The van der Waals surface area contributed by atoms with Crippen molar-refractivity contribution in [2.75, 3.05) is 39.8 Å². The SMILES string of the molecule is CN1CCC(C(=O)N2CC[C@](O)(COc3ccccc3)C2)CC1. The minimum Gasteiger partial charge on any atom is -0.491 e. The number of carbonyl (C=O) groups excluding carboxylic acids is 1. The highest BCUT2D eigenvalue weighted by molar-refractivity contribution is 5.79. The van der Waals surface area contributed by atoms with Gasteiger partial charge in [0.1, 0.15) is 18.0 Å². The molecule has 2 aliphatic rings. The summed E-state index contributed by atoms with van der Waals surface area (Å²) < 4.78 is 5.69. The van der Waals surface area contributed by atoms with Crippen LogP contribution >= 0.6 is 0 Å². The number of hydrogen-bond acceptors (Lipinski definition) is 4. The number of nitrogens with zero attached hydrogens (tertiary/aromatic N) is 2. The lowest BCUT2D eigenvalue weighted by molar-refractivity contribution is -0.137. The van der Waals surface area contributed by atoms with Gasteiger partial charge in [-0.15, -0.1) is 0 Å². The van der Waals surface area contributed by atoms with Gasteiger partial charge in [0.15, 0.2) is 0 Å². The van der Waals surface area contributed by atoms with Gasteiger partial charge in [0.25, 0.3) is 0 Å². The minimum absolute atomic E-state index is 0.114. The number of benzene rings is 1. The van der Waals surface area contributed by atoms with E-state index in [1.165, 1.54) is 0 Å². The van der Waals surface area contributed by atoms with Crippen molar-refractivity contribution in [3.05, 3.63) is 30.3 Å². The van der Waals surface area contributed by atoms with Crippen LogP contribution in [0.2, 0.25) is 0 Å². The maximum atomic E-state index is 12.6. The molecular formula is C18H26N2O3. The maximum absolute atomic E-state index is 12.6. The van der Waals surface area contributed by atoms with Gasteiger partial charge < -0.3 is 19.6 Å². The Balaban J connectivity index is 1.51. The van der Waals surface area contributed by atoms with Crippen molar-refractivity contribution in [1.29, 1.82) is 0 Å². The summed E-state index contributed by atoms with van der Waals surface area (Å²) in [4.78, 5) is 16.7. The van der Waals surface area contributed by atoms with Crippen LogP contribution in [-0.2, 0) is 4.79 Å². The summed E-state index contributed by atoms with van der Waals surface area (Å²) in [6, 6.07) is 9.49. The number of ether oxygens (including phenoxy) is 1. The highest BCUT2D eigenvalue weighted by Gasteiger charge is 2.41. The van der Waals surface area contributed by atoms with Crippen molar-refractivity contribution in [2.45, 2.75) is 24.9 Å². The van der Waals surface area contributed by atoms with Crippen molar-refractivity contribution in [3.8, 4) is 5.75 Å². The molecule has 0 aromatic heterocycles. The Morgan fingerprint density at radius 3 is 2.65 bits per heavy atom. The monoisotopic (exact) mass is 318 g/mol. The summed E-state index contributed by atoms with van der Waals surface area (Å²) >= 11 is 0. The second kappa shape index (κ2) is 6.89. The Hall–Kier alpha value is -1.59. The normalized spacial score (nSPS) is 26.4. The number of rotatable bonds is 4. The summed E-state index contributed by atoms with van der Waals surface area (Å²) in [5.41, 5.74) is -0.934. The third-order valence-corrected chi connectivity index (χ3v) is 4.96. The average molecular weight is 318 g/mol. The molecule has 1 N–H and O–H groups in total. The van der Waals surface area contributed by atoms with E-state index in [-0.39, 0.29) is 18.4 Å². The highest BCUT2D eigenvalue weighted by Crippen LogP contribution is 2.27. The Morgan fingerprint density at radius 1 is 1.26 bits per heavy atom. The fraction of sp³-hybridized carbons (Fsp3) is 0.611. The van der Waals surface area contributed by atoms with Gasteiger partial charge in [-0.3, -0.25) is 4.79 Å². The molecule has 1 amide bonds. The number of aliphatic hydroxyl groups is 1. The number of carbonyl (C=O) groups is 1. The number of β-amino-alcohol motifs (C(OH)–C–C–N with tert-alkyl or cyclic N) is 1. The molecule has 0 saturated carbocycles. The summed E-state index contributed by atoms with van der Waals surface area (Å²) in [6.45, 7) is 3.19. The zero-order valence-electron chi connectivity index (χ0n) is 13.8. The molecule has 2 heterocycles. The number of piperidine rings is 1. The zero-order chi connectivity index (χ0) is 16.3. The summed E-state index contributed by atoms with van der Waals surface area (Å²) in [7, 11) is 2.09. The lowest BCUT2D eigenvalue weighted by atomic mass is 9.95. The van der Waals surface area contributed by atoms with E-state index in [4.69, 9.17) is 4.74 Å². The first-order chi connectivity index (χ1) is 11.1. The van der Waals surface area contributed by atoms with Crippen molar-refractivity contribution in [1.82, 2.24) is 9.80 Å². The molecule has 2 aliphatic heterocycles. The molecule has 5 nitrogen and oxygen atoms in total. The molecule has 1 aromatic rings. The Bertz CT molecular complexity index is 528. The fourth-order valence-corrected chi connectivity index (χ4v) is 3.41. The van der Waals surface area contributed by atoms with Gasteiger partial charge in [-0.05, 0) is 51.5 Å². The molecule has 2 saturated heterocycles. The van der Waals surface area contributed by atoms with E-state index in [0.717, 1.165) is 31.7 Å². The first-order valence-corrected chi connectivity index (χ1v) is 8.43. The first kappa shape index (κ1) is 16.3. The van der Waals surface area contributed by atoms with Crippen LogP contribution in [-0.4, -0.2) is 66.2 Å².